The van der Waals surface area contributed by atoms with Crippen LogP contribution in [0.25, 0.3) is 10.8 Å². The molecule has 6 aromatic carbocycles. The van der Waals surface area contributed by atoms with Crippen molar-refractivity contribution in [3.8, 4) is 0 Å². The highest BCUT2D eigenvalue weighted by Gasteiger charge is 2.24. The largest absolute Gasteiger partial charge is 0.311 e. The van der Waals surface area contributed by atoms with E-state index in [9.17, 15) is 0 Å². The summed E-state index contributed by atoms with van der Waals surface area (Å²) in [5.41, 5.74) is 13.2. The highest BCUT2D eigenvalue weighted by Crippen LogP contribution is 2.40. The van der Waals surface area contributed by atoms with Gasteiger partial charge in [0.1, 0.15) is 31.4 Å². The summed E-state index contributed by atoms with van der Waals surface area (Å²) in [6.07, 6.45) is 0. The Bertz CT molecular complexity index is 2110. The summed E-state index contributed by atoms with van der Waals surface area (Å²) in [5, 5.41) is 4.77. The van der Waals surface area contributed by atoms with E-state index in [1.54, 1.807) is 12.1 Å². The first-order valence-electron chi connectivity index (χ1n) is 17.6. The van der Waals surface area contributed by atoms with Crippen LogP contribution >= 0.6 is 46.4 Å². The molecule has 10 heteroatoms. The fourth-order valence-corrected chi connectivity index (χ4v) is 8.29. The van der Waals surface area contributed by atoms with Gasteiger partial charge in [-0.3, -0.25) is 0 Å². The molecule has 0 aliphatic carbocycles. The lowest BCUT2D eigenvalue weighted by Crippen LogP contribution is -2.33. The van der Waals surface area contributed by atoms with Gasteiger partial charge >= 0.3 is 0 Å². The second kappa shape index (κ2) is 14.4. The van der Waals surface area contributed by atoms with E-state index in [-0.39, 0.29) is 10.8 Å². The normalized spacial score (nSPS) is 12.0. The highest BCUT2D eigenvalue weighted by molar-refractivity contribution is 6.59. The molecule has 0 bridgehead atoms. The number of rotatable bonds is 6. The molecule has 0 amide bonds. The average molecular weight is 760 g/mol. The Morgan fingerprint density at radius 2 is 0.692 bits per heavy atom. The Morgan fingerprint density at radius 1 is 0.404 bits per heavy atom. The third kappa shape index (κ3) is 7.64. The number of nitrogens with zero attached hydrogens (tertiary/aromatic N) is 2. The van der Waals surface area contributed by atoms with Gasteiger partial charge in [0.25, 0.3) is 0 Å². The Balaban J connectivity index is 1.60. The first kappa shape index (κ1) is 38.3. The monoisotopic (exact) mass is 758 g/mol. The molecule has 260 valence electrons. The Kier molecular flexibility index (Phi) is 10.6. The van der Waals surface area contributed by atoms with Crippen molar-refractivity contribution in [1.82, 2.24) is 0 Å². The molecule has 6 rings (SSSR count). The average Bonchev–Trinajstić information content (AvgIpc) is 3.04. The summed E-state index contributed by atoms with van der Waals surface area (Å²) in [7, 11) is 8.83. The molecule has 0 radical (unpaired) electrons. The van der Waals surface area contributed by atoms with Crippen molar-refractivity contribution in [1.29, 1.82) is 0 Å². The molecular weight excluding hydrogens is 718 g/mol. The molecule has 52 heavy (non-hydrogen) atoms. The van der Waals surface area contributed by atoms with Crippen LogP contribution in [-0.2, 0) is 10.8 Å². The van der Waals surface area contributed by atoms with Crippen LogP contribution in [0.5, 0.6) is 0 Å². The molecular formula is C42H42B4Cl4N2. The van der Waals surface area contributed by atoms with Crippen molar-refractivity contribution in [2.75, 3.05) is 9.80 Å². The molecule has 0 saturated heterocycles. The second-order valence-corrected chi connectivity index (χ2v) is 17.7. The molecule has 0 N–H and O–H groups in total. The van der Waals surface area contributed by atoms with Gasteiger partial charge in [0, 0.05) is 54.2 Å². The molecule has 0 saturated carbocycles. The first-order valence-corrected chi connectivity index (χ1v) is 19.1. The maximum Gasteiger partial charge on any atom is 0.142 e. The molecule has 0 spiro atoms. The predicted octanol–water partition coefficient (Wildman–Crippen LogP) is 8.02. The van der Waals surface area contributed by atoms with E-state index >= 15 is 0 Å². The number of hydrogen-bond acceptors (Lipinski definition) is 2. The summed E-state index contributed by atoms with van der Waals surface area (Å²) in [6, 6.07) is 33.6. The van der Waals surface area contributed by atoms with E-state index in [0.29, 0.717) is 20.1 Å². The quantitative estimate of drug-likeness (QED) is 0.159. The lowest BCUT2D eigenvalue weighted by Gasteiger charge is -2.32. The SMILES string of the molecule is Bc1cc(N(c2ccc(C(C)(C)C)cc2)c2cc(Cl)cc(Cl)c2)c(B)c2c(B)cc(N(c3ccc(C(C)(C)C)cc3)c3cc(Cl)cc(Cl)c3)c(B)c12. The molecule has 0 aromatic heterocycles. The van der Waals surface area contributed by atoms with Gasteiger partial charge in [-0.25, -0.2) is 0 Å². The smallest absolute Gasteiger partial charge is 0.142 e. The molecule has 0 unspecified atom stereocenters. The van der Waals surface area contributed by atoms with Gasteiger partial charge in [0.2, 0.25) is 0 Å². The zero-order valence-corrected chi connectivity index (χ0v) is 34.7. The van der Waals surface area contributed by atoms with Crippen molar-refractivity contribution >= 4 is 145 Å². The van der Waals surface area contributed by atoms with Crippen LogP contribution in [0.1, 0.15) is 52.7 Å². The summed E-state index contributed by atoms with van der Waals surface area (Å²) >= 11 is 26.5. The number of anilines is 6. The van der Waals surface area contributed by atoms with Crippen molar-refractivity contribution in [2.24, 2.45) is 0 Å². The number of benzene rings is 6. The molecule has 6 aromatic rings. The summed E-state index contributed by atoms with van der Waals surface area (Å²) in [4.78, 5) is 4.54. The molecule has 0 aliphatic heterocycles. The van der Waals surface area contributed by atoms with Gasteiger partial charge in [-0.2, -0.15) is 0 Å². The van der Waals surface area contributed by atoms with E-state index in [2.05, 4.69) is 143 Å². The van der Waals surface area contributed by atoms with Crippen LogP contribution in [0.15, 0.2) is 97.1 Å². The van der Waals surface area contributed by atoms with E-state index in [1.807, 2.05) is 24.3 Å². The zero-order valence-electron chi connectivity index (χ0n) is 31.6. The van der Waals surface area contributed by atoms with Gasteiger partial charge in [0.05, 0.1) is 0 Å². The lowest BCUT2D eigenvalue weighted by molar-refractivity contribution is 0.590. The number of halogens is 4. The summed E-state index contributed by atoms with van der Waals surface area (Å²) < 4.78 is 0. The summed E-state index contributed by atoms with van der Waals surface area (Å²) in [6.45, 7) is 13.4. The van der Waals surface area contributed by atoms with Gasteiger partial charge in [-0.1, -0.05) is 134 Å². The second-order valence-electron chi connectivity index (χ2n) is 15.9. The van der Waals surface area contributed by atoms with Gasteiger partial charge < -0.3 is 9.80 Å². The number of hydrogen-bond donors (Lipinski definition) is 0. The molecule has 0 fully saturated rings. The topological polar surface area (TPSA) is 6.48 Å². The van der Waals surface area contributed by atoms with Crippen LogP contribution in [0.2, 0.25) is 20.1 Å². The maximum absolute atomic E-state index is 6.63. The van der Waals surface area contributed by atoms with Crippen molar-refractivity contribution in [3.63, 3.8) is 0 Å². The van der Waals surface area contributed by atoms with Crippen LogP contribution in [-0.4, -0.2) is 31.4 Å². The van der Waals surface area contributed by atoms with Crippen LogP contribution in [0.4, 0.5) is 34.1 Å². The Labute approximate surface area is 333 Å². The maximum atomic E-state index is 6.63. The number of fused-ring (bicyclic) bond motifs is 1. The molecule has 0 atom stereocenters. The van der Waals surface area contributed by atoms with Crippen LogP contribution in [0.3, 0.4) is 0 Å². The van der Waals surface area contributed by atoms with E-state index in [1.165, 1.54) is 21.9 Å². The minimum Gasteiger partial charge on any atom is -0.311 e. The van der Waals surface area contributed by atoms with Crippen molar-refractivity contribution < 1.29 is 0 Å². The van der Waals surface area contributed by atoms with Crippen molar-refractivity contribution in [2.45, 2.75) is 52.4 Å². The fraction of sp³-hybridized carbons (Fsp3) is 0.190. The van der Waals surface area contributed by atoms with Gasteiger partial charge in [-0.05, 0) is 106 Å². The minimum absolute atomic E-state index is 0.0312. The lowest BCUT2D eigenvalue weighted by atomic mass is 9.71. The Hall–Kier alpha value is -3.40. The third-order valence-corrected chi connectivity index (χ3v) is 10.8. The molecule has 2 nitrogen and oxygen atoms in total. The molecule has 0 heterocycles. The van der Waals surface area contributed by atoms with Gasteiger partial charge in [0.15, 0.2) is 0 Å². The van der Waals surface area contributed by atoms with Crippen LogP contribution in [0, 0.1) is 0 Å². The highest BCUT2D eigenvalue weighted by atomic mass is 35.5. The third-order valence-electron chi connectivity index (χ3n) is 9.94. The minimum atomic E-state index is 0.0312. The first-order chi connectivity index (χ1) is 24.3. The zero-order chi connectivity index (χ0) is 37.9. The van der Waals surface area contributed by atoms with Crippen molar-refractivity contribution in [3.05, 3.63) is 128 Å². The van der Waals surface area contributed by atoms with Gasteiger partial charge in [-0.15, -0.1) is 0 Å². The van der Waals surface area contributed by atoms with E-state index in [0.717, 1.165) is 56.0 Å². The standard InChI is InChI=1S/C42H42B4Cl4N2/c1-41(2,3)23-7-11-29(12-8-23)51(31-17-25(47)15-26(48)18-31)35-21-33(43)38-37(39(35)45)34(44)22-36(40(38)46)52(32-19-27(49)16-28(50)20-32)30-13-9-24(10-14-30)42(4,5)6/h7-22H,43-46H2,1-6H3. The predicted molar refractivity (Wildman–Crippen MR) is 243 cm³/mol. The van der Waals surface area contributed by atoms with E-state index < -0.39 is 0 Å². The fourth-order valence-electron chi connectivity index (χ4n) is 7.26. The van der Waals surface area contributed by atoms with Crippen LogP contribution < -0.4 is 31.7 Å². The Morgan fingerprint density at radius 3 is 0.962 bits per heavy atom. The molecule has 0 aliphatic rings. The van der Waals surface area contributed by atoms with E-state index in [4.69, 9.17) is 46.4 Å². The summed E-state index contributed by atoms with van der Waals surface area (Å²) in [5.74, 6) is 0.